The Labute approximate surface area is 131 Å². The van der Waals surface area contributed by atoms with Crippen LogP contribution in [0.15, 0.2) is 22.7 Å². The molecule has 0 spiro atoms. The lowest BCUT2D eigenvalue weighted by Gasteiger charge is -2.28. The van der Waals surface area contributed by atoms with Crippen LogP contribution < -0.4 is 10.2 Å². The van der Waals surface area contributed by atoms with Gasteiger partial charge in [-0.05, 0) is 57.2 Å². The van der Waals surface area contributed by atoms with E-state index < -0.39 is 0 Å². The molecule has 1 saturated heterocycles. The minimum atomic E-state index is 0.383. The van der Waals surface area contributed by atoms with Gasteiger partial charge >= 0.3 is 0 Å². The summed E-state index contributed by atoms with van der Waals surface area (Å²) in [5.41, 5.74) is 2.78. The van der Waals surface area contributed by atoms with E-state index in [1.807, 2.05) is 0 Å². The Morgan fingerprint density at radius 3 is 2.80 bits per heavy atom. The van der Waals surface area contributed by atoms with E-state index in [-0.39, 0.29) is 0 Å². The number of benzene rings is 1. The summed E-state index contributed by atoms with van der Waals surface area (Å²) in [6, 6.07) is 7.07. The number of likely N-dealkylation sites (N-methyl/N-ethyl adjacent to an activating group) is 1. The van der Waals surface area contributed by atoms with Crippen LogP contribution in [0.4, 0.5) is 5.69 Å². The van der Waals surface area contributed by atoms with Gasteiger partial charge in [-0.1, -0.05) is 22.9 Å². The normalized spacial score (nSPS) is 18.9. The quantitative estimate of drug-likeness (QED) is 0.908. The molecule has 3 nitrogen and oxygen atoms in total. The zero-order valence-corrected chi connectivity index (χ0v) is 14.4. The van der Waals surface area contributed by atoms with Crippen LogP contribution >= 0.6 is 15.9 Å². The van der Waals surface area contributed by atoms with Crippen molar-refractivity contribution in [1.82, 2.24) is 10.2 Å². The summed E-state index contributed by atoms with van der Waals surface area (Å²) < 4.78 is 1.16. The molecule has 2 rings (SSSR count). The summed E-state index contributed by atoms with van der Waals surface area (Å²) >= 11 is 3.61. The van der Waals surface area contributed by atoms with E-state index in [0.29, 0.717) is 6.04 Å². The van der Waals surface area contributed by atoms with Gasteiger partial charge < -0.3 is 15.1 Å². The first-order valence-electron chi connectivity index (χ1n) is 7.58. The summed E-state index contributed by atoms with van der Waals surface area (Å²) in [5.74, 6) is 0. The number of anilines is 1. The Kier molecular flexibility index (Phi) is 5.87. The van der Waals surface area contributed by atoms with Gasteiger partial charge in [0.2, 0.25) is 0 Å². The minimum absolute atomic E-state index is 0.383. The lowest BCUT2D eigenvalue weighted by Crippen LogP contribution is -2.30. The number of rotatable bonds is 4. The number of hydrogen-bond acceptors (Lipinski definition) is 3. The summed E-state index contributed by atoms with van der Waals surface area (Å²) in [6.07, 6.45) is 1.24. The van der Waals surface area contributed by atoms with Crippen molar-refractivity contribution in [3.8, 4) is 0 Å². The molecule has 4 heteroatoms. The summed E-state index contributed by atoms with van der Waals surface area (Å²) in [6.45, 7) is 10.0. The second-order valence-corrected chi connectivity index (χ2v) is 6.54. The largest absolute Gasteiger partial charge is 0.370 e. The predicted octanol–water partition coefficient (Wildman–Crippen LogP) is 3.26. The van der Waals surface area contributed by atoms with Crippen molar-refractivity contribution in [2.24, 2.45) is 0 Å². The van der Waals surface area contributed by atoms with Gasteiger partial charge in [0, 0.05) is 35.8 Å². The second kappa shape index (κ2) is 7.43. The molecule has 0 amide bonds. The van der Waals surface area contributed by atoms with Crippen molar-refractivity contribution in [2.45, 2.75) is 26.3 Å². The lowest BCUT2D eigenvalue weighted by atomic mass is 10.0. The van der Waals surface area contributed by atoms with E-state index in [9.17, 15) is 0 Å². The molecule has 112 valence electrons. The highest BCUT2D eigenvalue weighted by molar-refractivity contribution is 9.10. The summed E-state index contributed by atoms with van der Waals surface area (Å²) in [4.78, 5) is 4.96. The number of nitrogens with zero attached hydrogens (tertiary/aromatic N) is 2. The van der Waals surface area contributed by atoms with Crippen molar-refractivity contribution in [1.29, 1.82) is 0 Å². The molecule has 0 bridgehead atoms. The van der Waals surface area contributed by atoms with Crippen LogP contribution in [0.2, 0.25) is 0 Å². The van der Waals surface area contributed by atoms with Crippen LogP contribution in [0.5, 0.6) is 0 Å². The van der Waals surface area contributed by atoms with Gasteiger partial charge in [0.25, 0.3) is 0 Å². The van der Waals surface area contributed by atoms with E-state index in [2.05, 4.69) is 70.1 Å². The maximum absolute atomic E-state index is 3.61. The monoisotopic (exact) mass is 339 g/mol. The van der Waals surface area contributed by atoms with Gasteiger partial charge in [-0.25, -0.2) is 0 Å². The second-order valence-electron chi connectivity index (χ2n) is 5.63. The van der Waals surface area contributed by atoms with Crippen molar-refractivity contribution in [2.75, 3.05) is 44.7 Å². The first kappa shape index (κ1) is 15.8. The maximum atomic E-state index is 3.61. The van der Waals surface area contributed by atoms with Crippen LogP contribution in [0.1, 0.15) is 31.9 Å². The first-order valence-corrected chi connectivity index (χ1v) is 8.37. The molecule has 1 aliphatic heterocycles. The average molecular weight is 340 g/mol. The molecule has 0 radical (unpaired) electrons. The molecular weight excluding hydrogens is 314 g/mol. The first-order chi connectivity index (χ1) is 9.61. The molecular formula is C16H26BrN3. The highest BCUT2D eigenvalue weighted by Crippen LogP contribution is 2.30. The minimum Gasteiger partial charge on any atom is -0.370 e. The van der Waals surface area contributed by atoms with Crippen LogP contribution in [-0.2, 0) is 0 Å². The SMILES string of the molecule is CCNC(C)c1cc(Br)ccc1N1CCCN(C)CC1. The molecule has 1 fully saturated rings. The molecule has 1 heterocycles. The third kappa shape index (κ3) is 3.96. The van der Waals surface area contributed by atoms with Gasteiger partial charge in [0.05, 0.1) is 0 Å². The molecule has 1 N–H and O–H groups in total. The van der Waals surface area contributed by atoms with Crippen molar-refractivity contribution < 1.29 is 0 Å². The molecule has 1 aliphatic rings. The number of nitrogens with one attached hydrogen (secondary N) is 1. The molecule has 1 aromatic carbocycles. The smallest absolute Gasteiger partial charge is 0.0415 e. The van der Waals surface area contributed by atoms with Gasteiger partial charge in [-0.2, -0.15) is 0 Å². The molecule has 1 unspecified atom stereocenters. The molecule has 20 heavy (non-hydrogen) atoms. The standard InChI is InChI=1S/C16H26BrN3/c1-4-18-13(2)15-12-14(17)6-7-16(15)20-9-5-8-19(3)10-11-20/h6-7,12-13,18H,4-5,8-11H2,1-3H3. The van der Waals surface area contributed by atoms with Crippen LogP contribution in [0, 0.1) is 0 Å². The zero-order chi connectivity index (χ0) is 14.5. The Hall–Kier alpha value is -0.580. The molecule has 0 aliphatic carbocycles. The van der Waals surface area contributed by atoms with Gasteiger partial charge in [0.1, 0.15) is 0 Å². The van der Waals surface area contributed by atoms with Gasteiger partial charge in [0.15, 0.2) is 0 Å². The van der Waals surface area contributed by atoms with Crippen molar-refractivity contribution in [3.63, 3.8) is 0 Å². The highest BCUT2D eigenvalue weighted by Gasteiger charge is 2.18. The Morgan fingerprint density at radius 1 is 1.25 bits per heavy atom. The fourth-order valence-electron chi connectivity index (χ4n) is 2.86. The lowest BCUT2D eigenvalue weighted by molar-refractivity contribution is 0.360. The third-order valence-corrected chi connectivity index (χ3v) is 4.52. The molecule has 1 aromatic rings. The number of hydrogen-bond donors (Lipinski definition) is 1. The van der Waals surface area contributed by atoms with Gasteiger partial charge in [-0.3, -0.25) is 0 Å². The van der Waals surface area contributed by atoms with E-state index in [0.717, 1.165) is 30.7 Å². The van der Waals surface area contributed by atoms with Crippen molar-refractivity contribution in [3.05, 3.63) is 28.2 Å². The molecule has 0 aromatic heterocycles. The fraction of sp³-hybridized carbons (Fsp3) is 0.625. The topological polar surface area (TPSA) is 18.5 Å². The molecule has 1 atom stereocenters. The Bertz CT molecular complexity index is 436. The van der Waals surface area contributed by atoms with E-state index in [4.69, 9.17) is 0 Å². The summed E-state index contributed by atoms with van der Waals surface area (Å²) in [5, 5.41) is 3.53. The van der Waals surface area contributed by atoms with E-state index >= 15 is 0 Å². The third-order valence-electron chi connectivity index (χ3n) is 4.03. The van der Waals surface area contributed by atoms with E-state index in [1.54, 1.807) is 0 Å². The fourth-order valence-corrected chi connectivity index (χ4v) is 3.24. The van der Waals surface area contributed by atoms with Crippen molar-refractivity contribution >= 4 is 21.6 Å². The summed E-state index contributed by atoms with van der Waals surface area (Å²) in [7, 11) is 2.22. The number of halogens is 1. The molecule has 0 saturated carbocycles. The van der Waals surface area contributed by atoms with Gasteiger partial charge in [-0.15, -0.1) is 0 Å². The zero-order valence-electron chi connectivity index (χ0n) is 12.8. The predicted molar refractivity (Wildman–Crippen MR) is 90.6 cm³/mol. The Morgan fingerprint density at radius 2 is 2.05 bits per heavy atom. The van der Waals surface area contributed by atoms with Crippen LogP contribution in [0.25, 0.3) is 0 Å². The maximum Gasteiger partial charge on any atom is 0.0415 e. The Balaban J connectivity index is 2.25. The van der Waals surface area contributed by atoms with Crippen LogP contribution in [0.3, 0.4) is 0 Å². The van der Waals surface area contributed by atoms with Crippen LogP contribution in [-0.4, -0.2) is 44.7 Å². The van der Waals surface area contributed by atoms with E-state index in [1.165, 1.54) is 24.2 Å². The average Bonchev–Trinajstić information content (AvgIpc) is 2.64. The highest BCUT2D eigenvalue weighted by atomic mass is 79.9.